The van der Waals surface area contributed by atoms with Crippen LogP contribution in [0.15, 0.2) is 0 Å². The molecule has 0 amide bonds. The highest BCUT2D eigenvalue weighted by atomic mass is 35.5. The summed E-state index contributed by atoms with van der Waals surface area (Å²) in [4.78, 5) is 0. The largest absolute Gasteiger partial charge is 0.143 e. The minimum atomic E-state index is -0.0137. The van der Waals surface area contributed by atoms with Crippen LogP contribution < -0.4 is 0 Å². The number of nitrogens with zero attached hydrogens (tertiary/aromatic N) is 2. The van der Waals surface area contributed by atoms with E-state index in [4.69, 9.17) is 11.6 Å². The Morgan fingerprint density at radius 2 is 1.67 bits per heavy atom. The molecule has 86 valence electrons. The molecule has 0 aliphatic rings. The molecule has 0 radical (unpaired) electrons. The lowest BCUT2D eigenvalue weighted by Crippen LogP contribution is -1.97. The normalized spacial score (nSPS) is 13.4. The number of hydrogen-bond acceptors (Lipinski definition) is 3. The SMILES string of the molecule is CCCC(CCC)c1nnc(C(C)Cl)s1. The fourth-order valence-electron chi connectivity index (χ4n) is 1.66. The Labute approximate surface area is 101 Å². The van der Waals surface area contributed by atoms with Crippen molar-refractivity contribution >= 4 is 22.9 Å². The lowest BCUT2D eigenvalue weighted by Gasteiger charge is -2.10. The van der Waals surface area contributed by atoms with E-state index in [1.807, 2.05) is 6.92 Å². The molecular weight excluding hydrogens is 228 g/mol. The van der Waals surface area contributed by atoms with E-state index in [0.29, 0.717) is 5.92 Å². The van der Waals surface area contributed by atoms with Gasteiger partial charge in [-0.15, -0.1) is 21.8 Å². The Kier molecular flexibility index (Phi) is 5.54. The molecule has 0 aliphatic carbocycles. The molecule has 0 saturated heterocycles. The van der Waals surface area contributed by atoms with E-state index < -0.39 is 0 Å². The van der Waals surface area contributed by atoms with Gasteiger partial charge in [-0.05, 0) is 19.8 Å². The average molecular weight is 247 g/mol. The monoisotopic (exact) mass is 246 g/mol. The summed E-state index contributed by atoms with van der Waals surface area (Å²) >= 11 is 7.66. The van der Waals surface area contributed by atoms with E-state index >= 15 is 0 Å². The molecular formula is C11H19ClN2S. The van der Waals surface area contributed by atoms with E-state index in [1.165, 1.54) is 30.7 Å². The van der Waals surface area contributed by atoms with Gasteiger partial charge in [0.2, 0.25) is 0 Å². The summed E-state index contributed by atoms with van der Waals surface area (Å²) in [6, 6.07) is 0. The third-order valence-corrected chi connectivity index (χ3v) is 4.02. The third-order valence-electron chi connectivity index (χ3n) is 2.42. The molecule has 1 rings (SSSR count). The van der Waals surface area contributed by atoms with Gasteiger partial charge in [-0.1, -0.05) is 38.0 Å². The van der Waals surface area contributed by atoms with Crippen molar-refractivity contribution in [1.82, 2.24) is 10.2 Å². The van der Waals surface area contributed by atoms with Crippen LogP contribution in [0.25, 0.3) is 0 Å². The topological polar surface area (TPSA) is 25.8 Å². The molecule has 0 saturated carbocycles. The van der Waals surface area contributed by atoms with Gasteiger partial charge in [0.05, 0.1) is 5.38 Å². The van der Waals surface area contributed by atoms with Gasteiger partial charge in [-0.2, -0.15) is 0 Å². The Morgan fingerprint density at radius 3 is 2.07 bits per heavy atom. The van der Waals surface area contributed by atoms with Crippen molar-refractivity contribution in [3.8, 4) is 0 Å². The smallest absolute Gasteiger partial charge is 0.135 e. The van der Waals surface area contributed by atoms with Crippen molar-refractivity contribution in [2.75, 3.05) is 0 Å². The molecule has 0 N–H and O–H groups in total. The van der Waals surface area contributed by atoms with E-state index in [-0.39, 0.29) is 5.38 Å². The average Bonchev–Trinajstić information content (AvgIpc) is 2.66. The Balaban J connectivity index is 2.72. The van der Waals surface area contributed by atoms with E-state index in [9.17, 15) is 0 Å². The highest BCUT2D eigenvalue weighted by molar-refractivity contribution is 7.11. The van der Waals surface area contributed by atoms with Crippen LogP contribution in [0.5, 0.6) is 0 Å². The van der Waals surface area contributed by atoms with Crippen molar-refractivity contribution < 1.29 is 0 Å². The summed E-state index contributed by atoms with van der Waals surface area (Å²) in [6.45, 7) is 6.38. The predicted molar refractivity (Wildman–Crippen MR) is 66.7 cm³/mol. The molecule has 0 aliphatic heterocycles. The first-order valence-electron chi connectivity index (χ1n) is 5.66. The van der Waals surface area contributed by atoms with Crippen molar-refractivity contribution in [2.45, 2.75) is 57.7 Å². The fourth-order valence-corrected chi connectivity index (χ4v) is 2.78. The minimum Gasteiger partial charge on any atom is -0.143 e. The zero-order valence-electron chi connectivity index (χ0n) is 9.66. The Hall–Kier alpha value is -0.150. The molecule has 2 nitrogen and oxygen atoms in total. The Bertz CT molecular complexity index is 280. The first-order valence-corrected chi connectivity index (χ1v) is 6.91. The summed E-state index contributed by atoms with van der Waals surface area (Å²) in [5, 5.41) is 10.5. The van der Waals surface area contributed by atoms with Crippen LogP contribution in [0.1, 0.15) is 67.8 Å². The molecule has 0 aromatic carbocycles. The molecule has 1 unspecified atom stereocenters. The molecule has 1 aromatic heterocycles. The standard InChI is InChI=1S/C11H19ClN2S/c1-4-6-9(7-5-2)11-14-13-10(15-11)8(3)12/h8-9H,4-7H2,1-3H3. The fraction of sp³-hybridized carbons (Fsp3) is 0.818. The lowest BCUT2D eigenvalue weighted by atomic mass is 9.99. The molecule has 1 atom stereocenters. The summed E-state index contributed by atoms with van der Waals surface area (Å²) in [6.07, 6.45) is 4.82. The van der Waals surface area contributed by atoms with Crippen LogP contribution in [-0.2, 0) is 0 Å². The molecule has 1 aromatic rings. The van der Waals surface area contributed by atoms with Gasteiger partial charge in [-0.25, -0.2) is 0 Å². The molecule has 1 heterocycles. The maximum atomic E-state index is 5.98. The van der Waals surface area contributed by atoms with Crippen LogP contribution in [0, 0.1) is 0 Å². The maximum Gasteiger partial charge on any atom is 0.135 e. The second-order valence-electron chi connectivity index (χ2n) is 3.87. The predicted octanol–water partition coefficient (Wildman–Crippen LogP) is 4.52. The molecule has 0 bridgehead atoms. The second-order valence-corrected chi connectivity index (χ2v) is 5.56. The molecule has 4 heteroatoms. The van der Waals surface area contributed by atoms with Crippen molar-refractivity contribution in [3.05, 3.63) is 10.0 Å². The third kappa shape index (κ3) is 3.72. The summed E-state index contributed by atoms with van der Waals surface area (Å²) < 4.78 is 0. The highest BCUT2D eigenvalue weighted by Gasteiger charge is 2.16. The van der Waals surface area contributed by atoms with Gasteiger partial charge in [0, 0.05) is 5.92 Å². The quantitative estimate of drug-likeness (QED) is 0.690. The molecule has 0 spiro atoms. The lowest BCUT2D eigenvalue weighted by molar-refractivity contribution is 0.554. The van der Waals surface area contributed by atoms with Crippen LogP contribution in [0.4, 0.5) is 0 Å². The van der Waals surface area contributed by atoms with Crippen LogP contribution in [0.2, 0.25) is 0 Å². The number of rotatable bonds is 6. The number of halogens is 1. The number of aromatic nitrogens is 2. The first kappa shape index (κ1) is 12.9. The van der Waals surface area contributed by atoms with Gasteiger partial charge in [0.15, 0.2) is 0 Å². The van der Waals surface area contributed by atoms with E-state index in [0.717, 1.165) is 5.01 Å². The van der Waals surface area contributed by atoms with Crippen LogP contribution in [-0.4, -0.2) is 10.2 Å². The van der Waals surface area contributed by atoms with Crippen molar-refractivity contribution in [3.63, 3.8) is 0 Å². The summed E-state index contributed by atoms with van der Waals surface area (Å²) in [5.41, 5.74) is 0. The van der Waals surface area contributed by atoms with Gasteiger partial charge >= 0.3 is 0 Å². The van der Waals surface area contributed by atoms with Gasteiger partial charge in [-0.3, -0.25) is 0 Å². The van der Waals surface area contributed by atoms with Crippen LogP contribution in [0.3, 0.4) is 0 Å². The zero-order valence-corrected chi connectivity index (χ0v) is 11.2. The van der Waals surface area contributed by atoms with Gasteiger partial charge in [0.1, 0.15) is 10.0 Å². The van der Waals surface area contributed by atoms with Crippen molar-refractivity contribution in [1.29, 1.82) is 0 Å². The van der Waals surface area contributed by atoms with Crippen LogP contribution >= 0.6 is 22.9 Å². The number of hydrogen-bond donors (Lipinski definition) is 0. The summed E-state index contributed by atoms with van der Waals surface area (Å²) in [5.74, 6) is 0.585. The second kappa shape index (κ2) is 6.44. The molecule has 15 heavy (non-hydrogen) atoms. The van der Waals surface area contributed by atoms with Gasteiger partial charge in [0.25, 0.3) is 0 Å². The van der Waals surface area contributed by atoms with Gasteiger partial charge < -0.3 is 0 Å². The first-order chi connectivity index (χ1) is 7.19. The Morgan fingerprint density at radius 1 is 1.13 bits per heavy atom. The maximum absolute atomic E-state index is 5.98. The molecule has 0 fully saturated rings. The highest BCUT2D eigenvalue weighted by Crippen LogP contribution is 2.31. The number of alkyl halides is 1. The summed E-state index contributed by atoms with van der Waals surface area (Å²) in [7, 11) is 0. The van der Waals surface area contributed by atoms with E-state index in [1.54, 1.807) is 11.3 Å². The van der Waals surface area contributed by atoms with E-state index in [2.05, 4.69) is 24.0 Å². The van der Waals surface area contributed by atoms with Crippen molar-refractivity contribution in [2.24, 2.45) is 0 Å². The zero-order chi connectivity index (χ0) is 11.3. The minimum absolute atomic E-state index is 0.0137.